The highest BCUT2D eigenvalue weighted by Crippen LogP contribution is 2.58. The average Bonchev–Trinajstić information content (AvgIpc) is 1.55. The Balaban J connectivity index is 0.0000000966. The van der Waals surface area contributed by atoms with Crippen LogP contribution < -0.4 is 14.2 Å². The predicted molar refractivity (Wildman–Crippen MR) is 519 cm³/mol. The van der Waals surface area contributed by atoms with Gasteiger partial charge in [-0.05, 0) is 162 Å². The molecule has 0 unspecified atom stereocenters. The first-order valence-corrected chi connectivity index (χ1v) is 44.0. The minimum atomic E-state index is -0.151. The average molecular weight is 1640 g/mol. The molecule has 7 aromatic heterocycles. The second-order valence-corrected chi connectivity index (χ2v) is 36.1. The van der Waals surface area contributed by atoms with E-state index in [-0.39, 0.29) is 10.8 Å². The van der Waals surface area contributed by atoms with E-state index in [9.17, 15) is 0 Å². The monoisotopic (exact) mass is 1640 g/mol. The van der Waals surface area contributed by atoms with Gasteiger partial charge in [-0.3, -0.25) is 13.7 Å². The maximum Gasteiger partial charge on any atom is 0.238 e. The van der Waals surface area contributed by atoms with Gasteiger partial charge in [-0.25, -0.2) is 15.0 Å². The number of ether oxygens (including phenoxy) is 3. The molecule has 0 N–H and O–H groups in total. The topological polar surface area (TPSA) is 120 Å². The molecule has 0 bridgehead atoms. The van der Waals surface area contributed by atoms with E-state index in [4.69, 9.17) is 44.1 Å². The van der Waals surface area contributed by atoms with Crippen LogP contribution in [0.3, 0.4) is 0 Å². The Hall–Kier alpha value is -16.2. The van der Waals surface area contributed by atoms with Gasteiger partial charge in [0, 0.05) is 92.0 Å². The molecule has 0 radical (unpaired) electrons. The molecule has 594 valence electrons. The van der Waals surface area contributed by atoms with Gasteiger partial charge in [-0.1, -0.05) is 289 Å². The number of rotatable bonds is 3. The van der Waals surface area contributed by atoms with E-state index in [1.165, 1.54) is 129 Å². The molecule has 0 atom stereocenters. The summed E-state index contributed by atoms with van der Waals surface area (Å²) in [6.45, 7) is 9.34. The first-order chi connectivity index (χ1) is 62.5. The van der Waals surface area contributed by atoms with Gasteiger partial charge in [0.05, 0.1) is 70.5 Å². The van der Waals surface area contributed by atoms with E-state index in [0.29, 0.717) is 35.5 Å². The smallest absolute Gasteiger partial charge is 0.238 e. The molecular formula is C114H69N9O3S. The predicted octanol–water partition coefficient (Wildman–Crippen LogP) is 29.9. The molecule has 0 saturated heterocycles. The van der Waals surface area contributed by atoms with Gasteiger partial charge < -0.3 is 14.2 Å². The zero-order chi connectivity index (χ0) is 83.6. The van der Waals surface area contributed by atoms with Crippen LogP contribution in [-0.2, 0) is 10.8 Å². The van der Waals surface area contributed by atoms with Crippen LogP contribution in [0.25, 0.3) is 224 Å². The molecule has 13 heteroatoms. The van der Waals surface area contributed by atoms with Gasteiger partial charge in [-0.15, -0.1) is 11.3 Å². The second kappa shape index (κ2) is 25.7. The fourth-order valence-electron chi connectivity index (χ4n) is 22.0. The zero-order valence-corrected chi connectivity index (χ0v) is 69.9. The van der Waals surface area contributed by atoms with Crippen LogP contribution >= 0.6 is 11.3 Å². The number of nitrogens with zero attached hydrogens (tertiary/aromatic N) is 9. The van der Waals surface area contributed by atoms with Gasteiger partial charge in [0.25, 0.3) is 0 Å². The summed E-state index contributed by atoms with van der Waals surface area (Å²) in [5.41, 5.74) is 26.1. The van der Waals surface area contributed by atoms with Crippen LogP contribution in [0, 0.1) is 0 Å². The Kier molecular flexibility index (Phi) is 14.2. The summed E-state index contributed by atoms with van der Waals surface area (Å²) in [6.07, 6.45) is 0. The summed E-state index contributed by atoms with van der Waals surface area (Å²) in [4.78, 5) is 31.0. The first kappa shape index (κ1) is 70.3. The van der Waals surface area contributed by atoms with Crippen LogP contribution in [0.1, 0.15) is 49.9 Å². The summed E-state index contributed by atoms with van der Waals surface area (Å²) < 4.78 is 28.6. The van der Waals surface area contributed by atoms with E-state index in [0.717, 1.165) is 116 Å². The molecule has 12 nitrogen and oxygen atoms in total. The lowest BCUT2D eigenvalue weighted by molar-refractivity contribution is 0.465. The molecule has 10 heterocycles. The van der Waals surface area contributed by atoms with Crippen LogP contribution in [-0.4, -0.2) is 43.6 Å². The quantitative estimate of drug-likeness (QED) is 0.170. The summed E-state index contributed by atoms with van der Waals surface area (Å²) in [5.74, 6) is 6.09. The van der Waals surface area contributed by atoms with E-state index in [1.807, 2.05) is 65.9 Å². The van der Waals surface area contributed by atoms with Gasteiger partial charge in [0.1, 0.15) is 17.2 Å². The third-order valence-electron chi connectivity index (χ3n) is 27.7. The van der Waals surface area contributed by atoms with Crippen LogP contribution in [0.2, 0.25) is 0 Å². The molecule has 2 aliphatic carbocycles. The van der Waals surface area contributed by atoms with E-state index in [2.05, 4.69) is 333 Å². The number of benzene rings is 18. The summed E-state index contributed by atoms with van der Waals surface area (Å²) in [7, 11) is 0. The Morgan fingerprint density at radius 1 is 0.244 bits per heavy atom. The van der Waals surface area contributed by atoms with Crippen molar-refractivity contribution in [2.24, 2.45) is 0 Å². The molecule has 30 rings (SSSR count). The van der Waals surface area contributed by atoms with Crippen molar-refractivity contribution in [3.63, 3.8) is 0 Å². The van der Waals surface area contributed by atoms with Crippen molar-refractivity contribution in [3.8, 4) is 108 Å². The van der Waals surface area contributed by atoms with Crippen molar-refractivity contribution in [2.45, 2.75) is 38.5 Å². The number of thiophene rings is 1. The fraction of sp³-hybridized carbons (Fsp3) is 0.0526. The first-order valence-electron chi connectivity index (χ1n) is 43.2. The number of hydrogen-bond acceptors (Lipinski definition) is 10. The van der Waals surface area contributed by atoms with Crippen molar-refractivity contribution >= 4 is 162 Å². The van der Waals surface area contributed by atoms with E-state index < -0.39 is 0 Å². The molecule has 18 aromatic carbocycles. The zero-order valence-electron chi connectivity index (χ0n) is 69.1. The van der Waals surface area contributed by atoms with Crippen molar-refractivity contribution in [1.29, 1.82) is 0 Å². The lowest BCUT2D eigenvalue weighted by atomic mass is 9.82. The number of hydrogen-bond donors (Lipinski definition) is 0. The molecular weight excluding hydrogens is 1580 g/mol. The normalized spacial score (nSPS) is 13.7. The Morgan fingerprint density at radius 2 is 0.669 bits per heavy atom. The van der Waals surface area contributed by atoms with Crippen molar-refractivity contribution in [2.75, 3.05) is 0 Å². The molecule has 5 aliphatic rings. The second-order valence-electron chi connectivity index (χ2n) is 35.0. The molecule has 127 heavy (non-hydrogen) atoms. The Labute approximate surface area is 729 Å². The lowest BCUT2D eigenvalue weighted by Gasteiger charge is -2.22. The Morgan fingerprint density at radius 3 is 1.28 bits per heavy atom. The van der Waals surface area contributed by atoms with E-state index >= 15 is 0 Å². The minimum Gasteiger partial charge on any atom is -0.438 e. The molecule has 0 saturated carbocycles. The molecule has 25 aromatic rings. The van der Waals surface area contributed by atoms with Gasteiger partial charge >= 0.3 is 0 Å². The van der Waals surface area contributed by atoms with Gasteiger partial charge in [0.2, 0.25) is 35.5 Å². The number of fused-ring (bicyclic) bond motifs is 32. The number of aromatic nitrogens is 9. The fourth-order valence-corrected chi connectivity index (χ4v) is 23.2. The highest BCUT2D eigenvalue weighted by molar-refractivity contribution is 7.27. The largest absolute Gasteiger partial charge is 0.438 e. The maximum atomic E-state index is 6.47. The maximum absolute atomic E-state index is 6.47. The summed E-state index contributed by atoms with van der Waals surface area (Å²) in [6, 6.07) is 123. The standard InChI is InChI=1S/2C39H25N3O.C36H19N3OS/c1-39(2)29-19-18-22-10-3-4-11-23(22)35(29)28-20-27-24-12-5-7-16-32(24)42(33(27)21-30(28)39)38-40-31-15-9-14-26-25-13-6-8-17-34(25)43-37(41-38)36(26)31;1-39(2)29-15-7-5-12-24(29)27-20-28-33(21-30(27)39)42(32-19-18-22-10-3-4-11-23(22)35(28)32)38-40-31-16-9-14-26-25-13-6-8-17-34(25)43-37(41-38)36(26)31;1-2-12-23-22(11-1)30-24-13-3-6-17-27(24)39(33(30)34-31(23)25-14-5-8-19-29(25)41-34)36-37-26-16-9-15-21-20-10-4-7-18-28(20)40-35(38-36)32(21)26/h2*3-21H,1-2H3;1-19H. The number of para-hydroxylation sites is 5. The van der Waals surface area contributed by atoms with Crippen molar-refractivity contribution in [3.05, 3.63) is 368 Å². The highest BCUT2D eigenvalue weighted by atomic mass is 32.1. The molecule has 0 amide bonds. The van der Waals surface area contributed by atoms with Crippen LogP contribution in [0.15, 0.2) is 346 Å². The van der Waals surface area contributed by atoms with Crippen molar-refractivity contribution in [1.82, 2.24) is 43.6 Å². The van der Waals surface area contributed by atoms with Crippen LogP contribution in [0.4, 0.5) is 0 Å². The van der Waals surface area contributed by atoms with Gasteiger partial charge in [-0.2, -0.15) is 15.0 Å². The summed E-state index contributed by atoms with van der Waals surface area (Å²) in [5, 5.41) is 20.2. The van der Waals surface area contributed by atoms with Crippen molar-refractivity contribution < 1.29 is 14.2 Å². The highest BCUT2D eigenvalue weighted by Gasteiger charge is 2.40. The molecule has 3 aliphatic heterocycles. The third-order valence-corrected chi connectivity index (χ3v) is 28.8. The lowest BCUT2D eigenvalue weighted by Crippen LogP contribution is -2.15. The van der Waals surface area contributed by atoms with Gasteiger partial charge in [0.15, 0.2) is 0 Å². The third kappa shape index (κ3) is 9.74. The summed E-state index contributed by atoms with van der Waals surface area (Å²) >= 11 is 1.84. The Bertz CT molecular complexity index is 9310. The molecule has 0 spiro atoms. The minimum absolute atomic E-state index is 0.124. The van der Waals surface area contributed by atoms with Crippen LogP contribution in [0.5, 0.6) is 34.9 Å². The molecule has 0 fully saturated rings. The SMILES string of the molecule is CC1(C)c2cc3c(cc2-c2c1ccc1ccccc21)c1ccccc1n3-c1nc2c3c(cccc3n1)-c1ccccc1O2.CC1(C)c2ccccc2-c2cc3c4c5ccccc5ccc4n(-c4nc5c6c(cccc6n4)-c4ccccc4O5)c3cc21.c1ccc2c(c1)Oc1nc(-n3c4ccccc4c4c5ccccc5c5c6ccccc6sc5c43)nc3cccc-2c13. The van der Waals surface area contributed by atoms with E-state index in [1.54, 1.807) is 0 Å².